The van der Waals surface area contributed by atoms with Gasteiger partial charge in [0.05, 0.1) is 0 Å². The highest BCUT2D eigenvalue weighted by Gasteiger charge is 2.00. The normalized spacial score (nSPS) is 11.2. The molecule has 0 fully saturated rings. The molecule has 0 heterocycles. The van der Waals surface area contributed by atoms with Crippen LogP contribution in [0.1, 0.15) is 0 Å². The minimum absolute atomic E-state index is 1.04. The van der Waals surface area contributed by atoms with E-state index in [1.165, 1.54) is 163 Å². The van der Waals surface area contributed by atoms with E-state index in [2.05, 4.69) is 19.5 Å². The minimum atomic E-state index is 1.04. The Balaban J connectivity index is 2.92. The molecule has 0 bridgehead atoms. The van der Waals surface area contributed by atoms with Crippen LogP contribution in [0.25, 0.3) is 0 Å². The average molecular weight is 646 g/mol. The van der Waals surface area contributed by atoms with Crippen molar-refractivity contribution in [2.45, 2.75) is 0 Å². The van der Waals surface area contributed by atoms with Crippen molar-refractivity contribution < 1.29 is 0 Å². The summed E-state index contributed by atoms with van der Waals surface area (Å²) in [5.74, 6) is 0. The Morgan fingerprint density at radius 2 is 0.348 bits per heavy atom. The molecule has 23 heteroatoms. The lowest BCUT2D eigenvalue weighted by molar-refractivity contribution is 3.77. The summed E-state index contributed by atoms with van der Waals surface area (Å²) in [5, 5.41) is 0. The van der Waals surface area contributed by atoms with Crippen molar-refractivity contribution >= 4 is 199 Å². The summed E-state index contributed by atoms with van der Waals surface area (Å²) in [6, 6.07) is 0. The molecular formula is Si23. The highest BCUT2D eigenvalue weighted by Crippen LogP contribution is 1.62. The fourth-order valence-corrected chi connectivity index (χ4v) is 144. The zero-order valence-corrected chi connectivity index (χ0v) is 34.5. The maximum absolute atomic E-state index is 3.61. The van der Waals surface area contributed by atoms with Crippen molar-refractivity contribution in [3.63, 3.8) is 0 Å². The van der Waals surface area contributed by atoms with E-state index in [0.29, 0.717) is 0 Å². The summed E-state index contributed by atoms with van der Waals surface area (Å²) in [5.41, 5.74) is 0. The lowest BCUT2D eigenvalue weighted by Gasteiger charge is -1.98. The van der Waals surface area contributed by atoms with Crippen LogP contribution in [0.5, 0.6) is 0 Å². The summed E-state index contributed by atoms with van der Waals surface area (Å²) >= 11 is 0. The van der Waals surface area contributed by atoms with Gasteiger partial charge in [-0.3, -0.25) is 0 Å². The van der Waals surface area contributed by atoms with E-state index in [1.54, 1.807) is 0 Å². The summed E-state index contributed by atoms with van der Waals surface area (Å²) < 4.78 is 0. The van der Waals surface area contributed by atoms with E-state index in [0.717, 1.165) is 17.1 Å². The molecule has 0 N–H and O–H groups in total. The molecule has 0 nitrogen and oxygen atoms in total. The molecule has 48 radical (unpaired) electrons. The monoisotopic (exact) mass is 643 g/mol. The molecule has 0 aliphatic carbocycles. The van der Waals surface area contributed by atoms with Gasteiger partial charge in [-0.15, -0.1) is 0 Å². The van der Waals surface area contributed by atoms with E-state index < -0.39 is 0 Å². The Bertz CT molecular complexity index is 164. The van der Waals surface area contributed by atoms with E-state index in [9.17, 15) is 0 Å². The van der Waals surface area contributed by atoms with Crippen LogP contribution in [-0.2, 0) is 0 Å². The SMILES string of the molecule is [Si][Si][Si][Si][Si][Si][Si][Si][Si][Si][Si][Si][Si][Si][Si][Si][Si][Si][Si][Si][Si][Si][Si]. The number of hydrogen-bond acceptors (Lipinski definition) is 0. The maximum Gasteiger partial charge on any atom is 0 e. The van der Waals surface area contributed by atoms with Gasteiger partial charge in [0.15, 0.2) is 0 Å². The van der Waals surface area contributed by atoms with Gasteiger partial charge < -0.3 is 0 Å². The summed E-state index contributed by atoms with van der Waals surface area (Å²) in [7, 11) is 34.7. The lowest BCUT2D eigenvalue weighted by atomic mass is 26.1. The van der Waals surface area contributed by atoms with E-state index in [-0.39, 0.29) is 0 Å². The molecule has 0 rings (SSSR count). The Hall–Kier alpha value is 4.99. The molecule has 0 saturated carbocycles. The third-order valence-electron chi connectivity index (χ3n) is 1.25. The van der Waals surface area contributed by atoms with Gasteiger partial charge in [0.1, 0.15) is 0 Å². The zero-order chi connectivity index (χ0) is 16.8. The van der Waals surface area contributed by atoms with Gasteiger partial charge in [0, 0.05) is 199 Å². The molecule has 0 aromatic carbocycles. The summed E-state index contributed by atoms with van der Waals surface area (Å²) in [6.07, 6.45) is 0. The van der Waals surface area contributed by atoms with Gasteiger partial charge in [-0.2, -0.15) is 0 Å². The molecule has 0 spiro atoms. The number of rotatable bonds is 20. The molecule has 0 aromatic heterocycles. The second kappa shape index (κ2) is 27.0. The molecular weight excluding hydrogens is 646 g/mol. The van der Waals surface area contributed by atoms with E-state index >= 15 is 0 Å². The van der Waals surface area contributed by atoms with Crippen LogP contribution in [0.4, 0.5) is 0 Å². The first-order chi connectivity index (χ1) is 11.4. The molecule has 0 amide bonds. The fraction of sp³-hybridized carbons (Fsp3) is 0. The minimum Gasteiger partial charge on any atom is 0 e. The van der Waals surface area contributed by atoms with Crippen molar-refractivity contribution in [3.05, 3.63) is 0 Å². The van der Waals surface area contributed by atoms with Gasteiger partial charge in [-0.25, -0.2) is 0 Å². The molecule has 0 unspecified atom stereocenters. The molecule has 0 aromatic rings. The van der Waals surface area contributed by atoms with Crippen LogP contribution in [0.15, 0.2) is 0 Å². The lowest BCUT2D eigenvalue weighted by Crippen LogP contribution is -2.36. The Morgan fingerprint density at radius 1 is 0.217 bits per heavy atom. The van der Waals surface area contributed by atoms with Crippen LogP contribution < -0.4 is 0 Å². The molecule has 0 aliphatic rings. The predicted octanol–water partition coefficient (Wildman–Crippen LogP) is -8.76. The van der Waals surface area contributed by atoms with Crippen molar-refractivity contribution in [2.75, 3.05) is 0 Å². The summed E-state index contributed by atoms with van der Waals surface area (Å²) in [6.45, 7) is 0. The topological polar surface area (TPSA) is 0 Å². The van der Waals surface area contributed by atoms with Crippen LogP contribution in [0.3, 0.4) is 0 Å². The maximum atomic E-state index is 3.61. The van der Waals surface area contributed by atoms with Gasteiger partial charge in [0.2, 0.25) is 0 Å². The van der Waals surface area contributed by atoms with Crippen molar-refractivity contribution in [1.82, 2.24) is 0 Å². The largest absolute Gasteiger partial charge is 0 e. The molecule has 23 heavy (non-hydrogen) atoms. The van der Waals surface area contributed by atoms with Gasteiger partial charge >= 0.3 is 0 Å². The third-order valence-corrected chi connectivity index (χ3v) is 101. The van der Waals surface area contributed by atoms with Gasteiger partial charge in [0.25, 0.3) is 0 Å². The Morgan fingerprint density at radius 3 is 0.478 bits per heavy atom. The van der Waals surface area contributed by atoms with E-state index in [4.69, 9.17) is 0 Å². The summed E-state index contributed by atoms with van der Waals surface area (Å²) in [4.78, 5) is 0. The highest BCUT2D eigenvalue weighted by molar-refractivity contribution is 7.75. The molecule has 92 valence electrons. The first-order valence-electron chi connectivity index (χ1n) is 5.50. The van der Waals surface area contributed by atoms with Crippen molar-refractivity contribution in [1.29, 1.82) is 0 Å². The first-order valence-corrected chi connectivity index (χ1v) is 49.5. The molecule has 0 aliphatic heterocycles. The quantitative estimate of drug-likeness (QED) is 0.0913. The second-order valence-corrected chi connectivity index (χ2v) is 70.9. The van der Waals surface area contributed by atoms with E-state index in [1.807, 2.05) is 0 Å². The van der Waals surface area contributed by atoms with Crippen LogP contribution in [0.2, 0.25) is 0 Å². The Kier molecular flexibility index (Phi) is 32.8. The zero-order valence-electron chi connectivity index (χ0n) is 11.5. The first kappa shape index (κ1) is 28.0. The van der Waals surface area contributed by atoms with Crippen molar-refractivity contribution in [2.24, 2.45) is 0 Å². The standard InChI is InChI=1S/Si23/c1-3-5-7-9-11-13-15-17-19-21-23-22-20-18-16-14-12-10-8-6-4-2. The molecule has 0 atom stereocenters. The Labute approximate surface area is 196 Å². The van der Waals surface area contributed by atoms with Crippen LogP contribution in [0, 0.1) is 0 Å². The van der Waals surface area contributed by atoms with Crippen molar-refractivity contribution in [3.8, 4) is 0 Å². The third kappa shape index (κ3) is 27.0. The van der Waals surface area contributed by atoms with Crippen LogP contribution >= 0.6 is 0 Å². The van der Waals surface area contributed by atoms with Gasteiger partial charge in [-0.1, -0.05) is 0 Å². The van der Waals surface area contributed by atoms with Gasteiger partial charge in [-0.05, 0) is 0 Å². The second-order valence-electron chi connectivity index (χ2n) is 2.62. The predicted molar refractivity (Wildman–Crippen MR) is 132 cm³/mol. The molecule has 0 saturated heterocycles. The van der Waals surface area contributed by atoms with Crippen LogP contribution in [-0.4, -0.2) is 199 Å². The highest BCUT2D eigenvalue weighted by atomic mass is 30.1. The number of hydrogen-bond donors (Lipinski definition) is 0. The fourth-order valence-electron chi connectivity index (χ4n) is 0.594. The smallest absolute Gasteiger partial charge is 0 e. The average Bonchev–Trinajstić information content (AvgIpc) is 2.57.